The first kappa shape index (κ1) is 15.5. The number of aromatic amines is 1. The van der Waals surface area contributed by atoms with Gasteiger partial charge in [0, 0.05) is 11.6 Å². The molecule has 0 aliphatic rings. The van der Waals surface area contributed by atoms with Crippen LogP contribution in [0.5, 0.6) is 0 Å². The summed E-state index contributed by atoms with van der Waals surface area (Å²) in [7, 11) is 0. The summed E-state index contributed by atoms with van der Waals surface area (Å²) in [5.74, 6) is -0.762. The lowest BCUT2D eigenvalue weighted by Crippen LogP contribution is -2.25. The van der Waals surface area contributed by atoms with E-state index >= 15 is 0 Å². The number of aromatic nitrogens is 4. The Morgan fingerprint density at radius 1 is 1.12 bits per heavy atom. The molecule has 7 nitrogen and oxygen atoms in total. The number of halogens is 1. The average Bonchev–Trinajstić information content (AvgIpc) is 2.61. The molecular formula is C16H12FN5O2. The van der Waals surface area contributed by atoms with Crippen molar-refractivity contribution in [3.63, 3.8) is 0 Å². The molecule has 0 radical (unpaired) electrons. The minimum atomic E-state index is -0.437. The number of rotatable bonds is 4. The molecule has 0 saturated carbocycles. The van der Waals surface area contributed by atoms with E-state index in [1.54, 1.807) is 18.2 Å². The zero-order valence-corrected chi connectivity index (χ0v) is 12.4. The number of hydrogen-bond donors (Lipinski definition) is 2. The Labute approximate surface area is 135 Å². The van der Waals surface area contributed by atoms with Gasteiger partial charge in [-0.05, 0) is 36.4 Å². The summed E-state index contributed by atoms with van der Waals surface area (Å²) in [5, 5.41) is 8.49. The first-order valence-electron chi connectivity index (χ1n) is 7.02. The van der Waals surface area contributed by atoms with Crippen LogP contribution in [0.15, 0.2) is 53.6 Å². The zero-order valence-electron chi connectivity index (χ0n) is 12.4. The number of carbonyl (C=O) groups is 1. The summed E-state index contributed by atoms with van der Waals surface area (Å²) in [6, 6.07) is 10.2. The van der Waals surface area contributed by atoms with Crippen LogP contribution < -0.4 is 10.9 Å². The Bertz CT molecular complexity index is 904. The van der Waals surface area contributed by atoms with Gasteiger partial charge in [0.05, 0.1) is 17.9 Å². The summed E-state index contributed by atoms with van der Waals surface area (Å²) in [6.07, 6.45) is 1.37. The van der Waals surface area contributed by atoms with Crippen LogP contribution in [0.4, 0.5) is 4.39 Å². The van der Waals surface area contributed by atoms with E-state index in [4.69, 9.17) is 0 Å². The number of nitrogens with one attached hydrogen (secondary N) is 2. The van der Waals surface area contributed by atoms with Crippen LogP contribution in [0, 0.1) is 5.82 Å². The topological polar surface area (TPSA) is 101 Å². The van der Waals surface area contributed by atoms with Crippen molar-refractivity contribution in [2.45, 2.75) is 6.54 Å². The number of carbonyl (C=O) groups excluding carboxylic acids is 1. The van der Waals surface area contributed by atoms with Gasteiger partial charge in [-0.2, -0.15) is 5.10 Å². The van der Waals surface area contributed by atoms with Crippen LogP contribution >= 0.6 is 0 Å². The lowest BCUT2D eigenvalue weighted by molar-refractivity contribution is 0.0944. The highest BCUT2D eigenvalue weighted by Gasteiger charge is 2.08. The lowest BCUT2D eigenvalue weighted by Gasteiger charge is -2.06. The molecule has 8 heteroatoms. The molecule has 0 aliphatic carbocycles. The van der Waals surface area contributed by atoms with Gasteiger partial charge in [-0.3, -0.25) is 9.59 Å². The fourth-order valence-corrected chi connectivity index (χ4v) is 2.01. The van der Waals surface area contributed by atoms with Crippen molar-refractivity contribution in [1.29, 1.82) is 0 Å². The predicted molar refractivity (Wildman–Crippen MR) is 83.5 cm³/mol. The highest BCUT2D eigenvalue weighted by Crippen LogP contribution is 2.17. The van der Waals surface area contributed by atoms with E-state index in [1.807, 2.05) is 0 Å². The van der Waals surface area contributed by atoms with Crippen molar-refractivity contribution in [3.05, 3.63) is 76.4 Å². The predicted octanol–water partition coefficient (Wildman–Crippen LogP) is 1.30. The van der Waals surface area contributed by atoms with Gasteiger partial charge in [0.2, 0.25) is 0 Å². The molecule has 0 atom stereocenters. The quantitative estimate of drug-likeness (QED) is 0.753. The van der Waals surface area contributed by atoms with Crippen LogP contribution in [0.2, 0.25) is 0 Å². The number of hydrogen-bond acceptors (Lipinski definition) is 5. The fourth-order valence-electron chi connectivity index (χ4n) is 2.01. The maximum Gasteiger partial charge on any atom is 0.272 e. The number of H-pyrrole nitrogens is 1. The van der Waals surface area contributed by atoms with Gasteiger partial charge < -0.3 is 5.32 Å². The maximum absolute atomic E-state index is 13.0. The molecule has 0 aliphatic heterocycles. The second kappa shape index (κ2) is 6.78. The van der Waals surface area contributed by atoms with Crippen molar-refractivity contribution >= 4 is 5.91 Å². The van der Waals surface area contributed by atoms with Gasteiger partial charge in [-0.15, -0.1) is 0 Å². The first-order chi connectivity index (χ1) is 11.6. The summed E-state index contributed by atoms with van der Waals surface area (Å²) in [5.41, 5.74) is 1.67. The van der Waals surface area contributed by atoms with Gasteiger partial charge >= 0.3 is 0 Å². The monoisotopic (exact) mass is 325 g/mol. The van der Waals surface area contributed by atoms with Gasteiger partial charge in [-0.1, -0.05) is 0 Å². The van der Waals surface area contributed by atoms with E-state index in [9.17, 15) is 14.0 Å². The zero-order chi connectivity index (χ0) is 16.9. The van der Waals surface area contributed by atoms with E-state index in [1.165, 1.54) is 30.6 Å². The number of benzene rings is 1. The Morgan fingerprint density at radius 3 is 2.62 bits per heavy atom. The molecule has 2 N–H and O–H groups in total. The van der Waals surface area contributed by atoms with Crippen LogP contribution in [-0.4, -0.2) is 26.1 Å². The minimum absolute atomic E-state index is 0.0995. The molecule has 3 rings (SSSR count). The highest BCUT2D eigenvalue weighted by atomic mass is 19.1. The molecule has 2 heterocycles. The maximum atomic E-state index is 13.0. The Balaban J connectivity index is 1.70. The third-order valence-corrected chi connectivity index (χ3v) is 3.21. The van der Waals surface area contributed by atoms with Gasteiger partial charge in [0.25, 0.3) is 11.5 Å². The fraction of sp³-hybridized carbons (Fsp3) is 0.0625. The molecule has 3 aromatic rings. The molecule has 2 aromatic heterocycles. The molecular weight excluding hydrogens is 313 g/mol. The van der Waals surface area contributed by atoms with E-state index in [-0.39, 0.29) is 23.6 Å². The summed E-state index contributed by atoms with van der Waals surface area (Å²) in [4.78, 5) is 31.1. The normalized spacial score (nSPS) is 10.4. The smallest absolute Gasteiger partial charge is 0.272 e. The van der Waals surface area contributed by atoms with Crippen molar-refractivity contribution in [2.24, 2.45) is 0 Å². The van der Waals surface area contributed by atoms with E-state index in [2.05, 4.69) is 25.5 Å². The SMILES string of the molecule is O=C(NCc1cc(-c2ccc(F)cc2)ncn1)c1ccc(=O)[nH]n1. The summed E-state index contributed by atoms with van der Waals surface area (Å²) >= 11 is 0. The Kier molecular flexibility index (Phi) is 4.37. The second-order valence-electron chi connectivity index (χ2n) is 4.89. The Hall–Kier alpha value is -3.42. The van der Waals surface area contributed by atoms with Gasteiger partial charge in [0.1, 0.15) is 17.8 Å². The van der Waals surface area contributed by atoms with Crippen molar-refractivity contribution in [3.8, 4) is 11.3 Å². The van der Waals surface area contributed by atoms with Crippen molar-refractivity contribution in [2.75, 3.05) is 0 Å². The lowest BCUT2D eigenvalue weighted by atomic mass is 10.1. The standard InChI is InChI=1S/C16H12FN5O2/c17-11-3-1-10(2-4-11)14-7-12(19-9-20-14)8-18-16(24)13-5-6-15(23)22-21-13/h1-7,9H,8H2,(H,18,24)(H,22,23). The number of amides is 1. The van der Waals surface area contributed by atoms with Gasteiger partial charge in [-0.25, -0.2) is 19.5 Å². The Morgan fingerprint density at radius 2 is 1.92 bits per heavy atom. The number of nitrogens with zero attached hydrogens (tertiary/aromatic N) is 3. The average molecular weight is 325 g/mol. The van der Waals surface area contributed by atoms with Crippen LogP contribution in [-0.2, 0) is 6.54 Å². The first-order valence-corrected chi connectivity index (χ1v) is 7.02. The molecule has 0 bridgehead atoms. The third-order valence-electron chi connectivity index (χ3n) is 3.21. The molecule has 1 aromatic carbocycles. The molecule has 0 spiro atoms. The van der Waals surface area contributed by atoms with Gasteiger partial charge in [0.15, 0.2) is 0 Å². The highest BCUT2D eigenvalue weighted by molar-refractivity contribution is 5.91. The molecule has 120 valence electrons. The van der Waals surface area contributed by atoms with Crippen molar-refractivity contribution < 1.29 is 9.18 Å². The minimum Gasteiger partial charge on any atom is -0.345 e. The largest absolute Gasteiger partial charge is 0.345 e. The molecule has 0 unspecified atom stereocenters. The summed E-state index contributed by atoms with van der Waals surface area (Å²) in [6.45, 7) is 0.163. The van der Waals surface area contributed by atoms with E-state index in [0.29, 0.717) is 11.4 Å². The van der Waals surface area contributed by atoms with Crippen LogP contribution in [0.3, 0.4) is 0 Å². The summed E-state index contributed by atoms with van der Waals surface area (Å²) < 4.78 is 13.0. The molecule has 24 heavy (non-hydrogen) atoms. The molecule has 0 fully saturated rings. The third kappa shape index (κ3) is 3.67. The van der Waals surface area contributed by atoms with Crippen LogP contribution in [0.1, 0.15) is 16.2 Å². The van der Waals surface area contributed by atoms with E-state index < -0.39 is 5.91 Å². The van der Waals surface area contributed by atoms with E-state index in [0.717, 1.165) is 5.56 Å². The van der Waals surface area contributed by atoms with Crippen LogP contribution in [0.25, 0.3) is 11.3 Å². The van der Waals surface area contributed by atoms with Crippen molar-refractivity contribution in [1.82, 2.24) is 25.5 Å². The second-order valence-corrected chi connectivity index (χ2v) is 4.89. The molecule has 1 amide bonds. The molecule has 0 saturated heterocycles.